The molecule has 1 saturated heterocycles. The Labute approximate surface area is 118 Å². The minimum absolute atomic E-state index is 0.0834. The molecule has 0 spiro atoms. The minimum Gasteiger partial charge on any atom is -0.485 e. The predicted molar refractivity (Wildman–Crippen MR) is 75.3 cm³/mol. The molecule has 0 saturated carbocycles. The van der Waals surface area contributed by atoms with E-state index in [-0.39, 0.29) is 11.9 Å². The monoisotopic (exact) mass is 276 g/mol. The number of anilines is 1. The number of rotatable bonds is 1. The molecule has 3 rings (SSSR count). The number of hydrogen-bond donors (Lipinski definition) is 2. The highest BCUT2D eigenvalue weighted by Gasteiger charge is 2.47. The quantitative estimate of drug-likeness (QED) is 0.761. The summed E-state index contributed by atoms with van der Waals surface area (Å²) >= 11 is 0. The van der Waals surface area contributed by atoms with Gasteiger partial charge in [0.25, 0.3) is 0 Å². The van der Waals surface area contributed by atoms with Gasteiger partial charge in [-0.2, -0.15) is 0 Å². The number of likely N-dealkylation sites (tertiary alicyclic amines) is 1. The van der Waals surface area contributed by atoms with Crippen molar-refractivity contribution < 1.29 is 14.6 Å². The van der Waals surface area contributed by atoms with Gasteiger partial charge in [0.1, 0.15) is 17.5 Å². The maximum Gasteiger partial charge on any atom is 0.223 e. The normalized spacial score (nSPS) is 28.1. The summed E-state index contributed by atoms with van der Waals surface area (Å²) in [6.45, 7) is 4.35. The van der Waals surface area contributed by atoms with Crippen LogP contribution in [0.1, 0.15) is 38.3 Å². The van der Waals surface area contributed by atoms with Gasteiger partial charge in [0.2, 0.25) is 5.91 Å². The first-order valence-corrected chi connectivity index (χ1v) is 6.96. The Hall–Kier alpha value is -1.75. The molecule has 0 aliphatic carbocycles. The van der Waals surface area contributed by atoms with Crippen LogP contribution in [0, 0.1) is 0 Å². The third-order valence-electron chi connectivity index (χ3n) is 4.18. The first kappa shape index (κ1) is 13.2. The van der Waals surface area contributed by atoms with E-state index in [1.165, 1.54) is 0 Å². The van der Waals surface area contributed by atoms with Crippen LogP contribution in [-0.4, -0.2) is 34.2 Å². The van der Waals surface area contributed by atoms with Crippen LogP contribution in [0.5, 0.6) is 5.75 Å². The van der Waals surface area contributed by atoms with Gasteiger partial charge in [-0.1, -0.05) is 0 Å². The molecule has 1 aromatic rings. The first-order valence-electron chi connectivity index (χ1n) is 6.96. The van der Waals surface area contributed by atoms with Gasteiger partial charge >= 0.3 is 0 Å². The molecule has 1 aromatic carbocycles. The van der Waals surface area contributed by atoms with Crippen LogP contribution in [0.25, 0.3) is 0 Å². The van der Waals surface area contributed by atoms with E-state index in [1.807, 2.05) is 19.9 Å². The van der Waals surface area contributed by atoms with Crippen molar-refractivity contribution in [3.8, 4) is 5.75 Å². The van der Waals surface area contributed by atoms with E-state index in [2.05, 4.69) is 0 Å². The molecule has 5 nitrogen and oxygen atoms in total. The largest absolute Gasteiger partial charge is 0.485 e. The Morgan fingerprint density at radius 3 is 2.85 bits per heavy atom. The highest BCUT2D eigenvalue weighted by atomic mass is 16.5. The fraction of sp³-hybridized carbons (Fsp3) is 0.533. The molecule has 0 unspecified atom stereocenters. The second-order valence-corrected chi connectivity index (χ2v) is 6.08. The number of fused-ring (bicyclic) bond motifs is 1. The van der Waals surface area contributed by atoms with Crippen LogP contribution in [0.3, 0.4) is 0 Å². The molecule has 2 aliphatic heterocycles. The van der Waals surface area contributed by atoms with E-state index in [0.717, 1.165) is 12.0 Å². The van der Waals surface area contributed by atoms with E-state index >= 15 is 0 Å². The number of carbonyl (C=O) groups excluding carboxylic acids is 1. The Morgan fingerprint density at radius 1 is 1.45 bits per heavy atom. The topological polar surface area (TPSA) is 75.8 Å². The average molecular weight is 276 g/mol. The molecule has 20 heavy (non-hydrogen) atoms. The van der Waals surface area contributed by atoms with Gasteiger partial charge in [-0.15, -0.1) is 0 Å². The molecule has 3 N–H and O–H groups in total. The summed E-state index contributed by atoms with van der Waals surface area (Å²) in [5.41, 5.74) is 6.52. The Bertz CT molecular complexity index is 556. The number of nitrogens with zero attached hydrogens (tertiary/aromatic N) is 1. The second kappa shape index (κ2) is 4.38. The van der Waals surface area contributed by atoms with E-state index < -0.39 is 11.7 Å². The Kier molecular flexibility index (Phi) is 2.90. The van der Waals surface area contributed by atoms with Gasteiger partial charge in [0.05, 0.1) is 6.04 Å². The lowest BCUT2D eigenvalue weighted by Gasteiger charge is -2.45. The molecule has 1 fully saturated rings. The van der Waals surface area contributed by atoms with Gasteiger partial charge in [0, 0.05) is 24.2 Å². The molecule has 1 amide bonds. The summed E-state index contributed by atoms with van der Waals surface area (Å²) in [5, 5.41) is 10.7. The van der Waals surface area contributed by atoms with Crippen LogP contribution in [0.2, 0.25) is 0 Å². The van der Waals surface area contributed by atoms with Crippen LogP contribution in [-0.2, 0) is 4.79 Å². The van der Waals surface area contributed by atoms with Crippen LogP contribution in [0.15, 0.2) is 18.2 Å². The fourth-order valence-corrected chi connectivity index (χ4v) is 3.09. The zero-order valence-corrected chi connectivity index (χ0v) is 11.8. The summed E-state index contributed by atoms with van der Waals surface area (Å²) in [6.07, 6.45) is 0.599. The number of amides is 1. The third kappa shape index (κ3) is 1.93. The summed E-state index contributed by atoms with van der Waals surface area (Å²) in [7, 11) is 0. The van der Waals surface area contributed by atoms with E-state index in [1.54, 1.807) is 17.0 Å². The highest BCUT2D eigenvalue weighted by Crippen LogP contribution is 2.44. The highest BCUT2D eigenvalue weighted by molar-refractivity contribution is 5.79. The van der Waals surface area contributed by atoms with Crippen LogP contribution < -0.4 is 10.5 Å². The molecular formula is C15H20N2O3. The molecule has 2 heterocycles. The molecule has 2 aliphatic rings. The number of aliphatic hydroxyl groups excluding tert-OH is 1. The number of hydrogen-bond acceptors (Lipinski definition) is 4. The Balaban J connectivity index is 2.10. The van der Waals surface area contributed by atoms with Crippen molar-refractivity contribution in [2.24, 2.45) is 0 Å². The molecule has 5 heteroatoms. The van der Waals surface area contributed by atoms with Crippen LogP contribution >= 0.6 is 0 Å². The molecule has 0 radical (unpaired) electrons. The van der Waals surface area contributed by atoms with Gasteiger partial charge in [-0.25, -0.2) is 0 Å². The predicted octanol–water partition coefficient (Wildman–Crippen LogP) is 1.46. The summed E-state index contributed by atoms with van der Waals surface area (Å²) in [6, 6.07) is 5.00. The van der Waals surface area contributed by atoms with E-state index in [4.69, 9.17) is 10.5 Å². The van der Waals surface area contributed by atoms with E-state index in [0.29, 0.717) is 24.4 Å². The smallest absolute Gasteiger partial charge is 0.223 e. The van der Waals surface area contributed by atoms with Crippen molar-refractivity contribution in [3.63, 3.8) is 0 Å². The van der Waals surface area contributed by atoms with E-state index in [9.17, 15) is 9.90 Å². The number of carbonyl (C=O) groups is 1. The third-order valence-corrected chi connectivity index (χ3v) is 4.18. The van der Waals surface area contributed by atoms with Crippen molar-refractivity contribution in [2.45, 2.75) is 44.4 Å². The van der Waals surface area contributed by atoms with Crippen LogP contribution in [0.4, 0.5) is 5.69 Å². The van der Waals surface area contributed by atoms with Gasteiger partial charge in [-0.05, 0) is 38.5 Å². The second-order valence-electron chi connectivity index (χ2n) is 6.08. The van der Waals surface area contributed by atoms with Crippen molar-refractivity contribution in [1.82, 2.24) is 4.90 Å². The SMILES string of the molecule is CC1(C)Oc2ccc(N)cc2[C@@H](N2CCCC2=O)[C@@H]1O. The van der Waals surface area contributed by atoms with Crippen molar-refractivity contribution in [2.75, 3.05) is 12.3 Å². The zero-order chi connectivity index (χ0) is 14.5. The number of ether oxygens (including phenoxy) is 1. The summed E-state index contributed by atoms with van der Waals surface area (Å²) < 4.78 is 5.87. The van der Waals surface area contributed by atoms with Crippen molar-refractivity contribution >= 4 is 11.6 Å². The lowest BCUT2D eigenvalue weighted by molar-refractivity contribution is -0.139. The maximum atomic E-state index is 12.1. The molecule has 0 bridgehead atoms. The summed E-state index contributed by atoms with van der Waals surface area (Å²) in [5.74, 6) is 0.777. The van der Waals surface area contributed by atoms with Gasteiger partial charge < -0.3 is 20.5 Å². The van der Waals surface area contributed by atoms with Gasteiger partial charge in [0.15, 0.2) is 0 Å². The lowest BCUT2D eigenvalue weighted by Crippen LogP contribution is -2.53. The summed E-state index contributed by atoms with van der Waals surface area (Å²) in [4.78, 5) is 13.8. The number of nitrogens with two attached hydrogens (primary N) is 1. The van der Waals surface area contributed by atoms with Gasteiger partial charge in [-0.3, -0.25) is 4.79 Å². The fourth-order valence-electron chi connectivity index (χ4n) is 3.09. The number of nitrogen functional groups attached to an aromatic ring is 1. The number of aliphatic hydroxyl groups is 1. The Morgan fingerprint density at radius 2 is 2.20 bits per heavy atom. The average Bonchev–Trinajstić information content (AvgIpc) is 2.78. The molecular weight excluding hydrogens is 256 g/mol. The number of benzene rings is 1. The molecule has 108 valence electrons. The lowest BCUT2D eigenvalue weighted by atomic mass is 9.85. The van der Waals surface area contributed by atoms with Crippen molar-refractivity contribution in [1.29, 1.82) is 0 Å². The zero-order valence-electron chi connectivity index (χ0n) is 11.8. The first-order chi connectivity index (χ1) is 9.40. The molecule has 0 aromatic heterocycles. The minimum atomic E-state index is -0.779. The standard InChI is InChI=1S/C15H20N2O3/c1-15(2)14(19)13(17-7-3-4-12(17)18)10-8-9(16)5-6-11(10)20-15/h5-6,8,13-14,19H,3-4,7,16H2,1-2H3/t13-,14+/m1/s1. The molecule has 2 atom stereocenters. The van der Waals surface area contributed by atoms with Crippen molar-refractivity contribution in [3.05, 3.63) is 23.8 Å². The maximum absolute atomic E-state index is 12.1.